The van der Waals surface area contributed by atoms with Crippen molar-refractivity contribution in [3.63, 3.8) is 0 Å². The third-order valence-electron chi connectivity index (χ3n) is 4.78. The lowest BCUT2D eigenvalue weighted by atomic mass is 10.1. The largest absolute Gasteiger partial charge is 0.495 e. The molecule has 1 heterocycles. The molecule has 0 fully saturated rings. The van der Waals surface area contributed by atoms with Gasteiger partial charge in [0.2, 0.25) is 0 Å². The first-order valence-corrected chi connectivity index (χ1v) is 12.1. The summed E-state index contributed by atoms with van der Waals surface area (Å²) in [4.78, 5) is 13.4. The van der Waals surface area contributed by atoms with Crippen molar-refractivity contribution in [2.75, 3.05) is 17.1 Å². The Morgan fingerprint density at radius 3 is 2.39 bits per heavy atom. The van der Waals surface area contributed by atoms with E-state index in [4.69, 9.17) is 4.74 Å². The van der Waals surface area contributed by atoms with Crippen molar-refractivity contribution in [3.05, 3.63) is 94.9 Å². The Kier molecular flexibility index (Phi) is 6.43. The molecular weight excluding hydrogens is 463 g/mol. The molecule has 4 aromatic rings. The number of thiophene rings is 1. The molecule has 6 nitrogen and oxygen atoms in total. The maximum absolute atomic E-state index is 13.2. The first-order chi connectivity index (χ1) is 15.9. The van der Waals surface area contributed by atoms with E-state index in [0.717, 1.165) is 35.4 Å². The van der Waals surface area contributed by atoms with Gasteiger partial charge >= 0.3 is 0 Å². The molecule has 0 unspecified atom stereocenters. The number of carbonyl (C=O) groups excluding carboxylic acids is 1. The summed E-state index contributed by atoms with van der Waals surface area (Å²) >= 11 is 1.31. The van der Waals surface area contributed by atoms with Crippen LogP contribution in [-0.2, 0) is 10.0 Å². The van der Waals surface area contributed by atoms with Crippen LogP contribution in [0.4, 0.5) is 15.8 Å². The number of amides is 1. The van der Waals surface area contributed by atoms with Crippen molar-refractivity contribution in [1.82, 2.24) is 0 Å². The molecule has 0 spiro atoms. The van der Waals surface area contributed by atoms with Crippen molar-refractivity contribution in [1.29, 1.82) is 0 Å². The van der Waals surface area contributed by atoms with Gasteiger partial charge in [0.15, 0.2) is 0 Å². The third-order valence-corrected chi connectivity index (χ3v) is 7.08. The van der Waals surface area contributed by atoms with Gasteiger partial charge < -0.3 is 10.1 Å². The summed E-state index contributed by atoms with van der Waals surface area (Å²) < 4.78 is 46.3. The van der Waals surface area contributed by atoms with Crippen molar-refractivity contribution in [2.45, 2.75) is 4.90 Å². The van der Waals surface area contributed by atoms with Crippen molar-refractivity contribution >= 4 is 38.6 Å². The van der Waals surface area contributed by atoms with Crippen LogP contribution in [0.25, 0.3) is 11.1 Å². The summed E-state index contributed by atoms with van der Waals surface area (Å²) in [6, 6.07) is 20.5. The molecule has 1 aromatic heterocycles. The minimum Gasteiger partial charge on any atom is -0.495 e. The van der Waals surface area contributed by atoms with Crippen molar-refractivity contribution in [3.8, 4) is 16.9 Å². The summed E-state index contributed by atoms with van der Waals surface area (Å²) in [5, 5.41) is 4.65. The SMILES string of the molecule is COc1ccc(NC(=O)c2sccc2-c2ccccc2)cc1NS(=O)(=O)c1ccc(F)cc1. The maximum atomic E-state index is 13.2. The lowest BCUT2D eigenvalue weighted by Gasteiger charge is -2.14. The van der Waals surface area contributed by atoms with Crippen molar-refractivity contribution in [2.24, 2.45) is 0 Å². The maximum Gasteiger partial charge on any atom is 0.266 e. The third kappa shape index (κ3) is 5.05. The van der Waals surface area contributed by atoms with Crippen molar-refractivity contribution < 1.29 is 22.3 Å². The number of nitrogens with one attached hydrogen (secondary N) is 2. The Hall–Kier alpha value is -3.69. The highest BCUT2D eigenvalue weighted by atomic mass is 32.2. The molecule has 0 aliphatic carbocycles. The zero-order chi connectivity index (χ0) is 23.4. The number of benzene rings is 3. The summed E-state index contributed by atoms with van der Waals surface area (Å²) in [5.41, 5.74) is 2.24. The van der Waals surface area contributed by atoms with E-state index in [1.807, 2.05) is 41.8 Å². The first kappa shape index (κ1) is 22.5. The van der Waals surface area contributed by atoms with Crippen LogP contribution in [0.2, 0.25) is 0 Å². The van der Waals surface area contributed by atoms with E-state index in [2.05, 4.69) is 10.0 Å². The molecule has 1 amide bonds. The molecule has 0 radical (unpaired) electrons. The number of methoxy groups -OCH3 is 1. The second-order valence-corrected chi connectivity index (χ2v) is 9.56. The van der Waals surface area contributed by atoms with E-state index >= 15 is 0 Å². The fraction of sp³-hybridized carbons (Fsp3) is 0.0417. The monoisotopic (exact) mass is 482 g/mol. The average molecular weight is 483 g/mol. The highest BCUT2D eigenvalue weighted by Gasteiger charge is 2.19. The predicted octanol–water partition coefficient (Wildman–Crippen LogP) is 5.62. The number of ether oxygens (including phenoxy) is 1. The predicted molar refractivity (Wildman–Crippen MR) is 128 cm³/mol. The van der Waals surface area contributed by atoms with Crippen LogP contribution < -0.4 is 14.8 Å². The van der Waals surface area contributed by atoms with Gasteiger partial charge in [-0.2, -0.15) is 0 Å². The zero-order valence-electron chi connectivity index (χ0n) is 17.4. The van der Waals surface area contributed by atoms with E-state index in [1.54, 1.807) is 12.1 Å². The summed E-state index contributed by atoms with van der Waals surface area (Å²) in [5.74, 6) is -0.596. The van der Waals surface area contributed by atoms with E-state index in [9.17, 15) is 17.6 Å². The second kappa shape index (κ2) is 9.43. The van der Waals surface area contributed by atoms with Crippen LogP contribution in [0.5, 0.6) is 5.75 Å². The molecule has 0 bridgehead atoms. The quantitative estimate of drug-likeness (QED) is 0.358. The number of hydrogen-bond donors (Lipinski definition) is 2. The highest BCUT2D eigenvalue weighted by molar-refractivity contribution is 7.92. The zero-order valence-corrected chi connectivity index (χ0v) is 19.0. The normalized spacial score (nSPS) is 11.1. The van der Waals surface area contributed by atoms with Crippen LogP contribution >= 0.6 is 11.3 Å². The van der Waals surface area contributed by atoms with Crippen LogP contribution in [-0.4, -0.2) is 21.4 Å². The molecule has 0 saturated carbocycles. The molecular formula is C24H19FN2O4S2. The number of rotatable bonds is 7. The Balaban J connectivity index is 1.59. The number of carbonyl (C=O) groups is 1. The number of anilines is 2. The average Bonchev–Trinajstić information content (AvgIpc) is 3.30. The first-order valence-electron chi connectivity index (χ1n) is 9.78. The molecule has 0 aliphatic heterocycles. The van der Waals surface area contributed by atoms with Gasteiger partial charge in [0.1, 0.15) is 11.6 Å². The highest BCUT2D eigenvalue weighted by Crippen LogP contribution is 2.32. The van der Waals surface area contributed by atoms with Crippen LogP contribution in [0.1, 0.15) is 9.67 Å². The molecule has 33 heavy (non-hydrogen) atoms. The Bertz CT molecular complexity index is 1390. The van der Waals surface area contributed by atoms with Gasteiger partial charge in [0, 0.05) is 11.3 Å². The van der Waals surface area contributed by atoms with Gasteiger partial charge in [0.05, 0.1) is 22.6 Å². The summed E-state index contributed by atoms with van der Waals surface area (Å²) in [6.07, 6.45) is 0. The minimum absolute atomic E-state index is 0.105. The molecule has 9 heteroatoms. The number of halogens is 1. The Morgan fingerprint density at radius 1 is 0.970 bits per heavy atom. The minimum atomic E-state index is -4.00. The lowest BCUT2D eigenvalue weighted by molar-refractivity contribution is 0.103. The van der Waals surface area contributed by atoms with Crippen LogP contribution in [0.3, 0.4) is 0 Å². The molecule has 168 valence electrons. The Morgan fingerprint density at radius 2 is 1.70 bits per heavy atom. The van der Waals surface area contributed by atoms with E-state index < -0.39 is 15.8 Å². The fourth-order valence-corrected chi connectivity index (χ4v) is 5.07. The molecule has 0 saturated heterocycles. The second-order valence-electron chi connectivity index (χ2n) is 6.96. The fourth-order valence-electron chi connectivity index (χ4n) is 3.20. The van der Waals surface area contributed by atoms with E-state index in [0.29, 0.717) is 10.6 Å². The van der Waals surface area contributed by atoms with E-state index in [-0.39, 0.29) is 22.2 Å². The number of sulfonamides is 1. The van der Waals surface area contributed by atoms with Gasteiger partial charge in [-0.05, 0) is 59.5 Å². The van der Waals surface area contributed by atoms with Gasteiger partial charge in [-0.3, -0.25) is 9.52 Å². The van der Waals surface area contributed by atoms with Gasteiger partial charge in [-0.25, -0.2) is 12.8 Å². The van der Waals surface area contributed by atoms with Crippen LogP contribution in [0.15, 0.2) is 89.1 Å². The van der Waals surface area contributed by atoms with Gasteiger partial charge in [0.25, 0.3) is 15.9 Å². The lowest BCUT2D eigenvalue weighted by Crippen LogP contribution is -2.15. The summed E-state index contributed by atoms with van der Waals surface area (Å²) in [6.45, 7) is 0. The van der Waals surface area contributed by atoms with Gasteiger partial charge in [-0.15, -0.1) is 11.3 Å². The molecule has 0 aliphatic rings. The topological polar surface area (TPSA) is 84.5 Å². The number of hydrogen-bond acceptors (Lipinski definition) is 5. The van der Waals surface area contributed by atoms with E-state index in [1.165, 1.54) is 24.5 Å². The molecule has 4 rings (SSSR count). The standard InChI is InChI=1S/C24H19FN2O4S2/c1-31-22-12-9-18(15-21(22)27-33(29,30)19-10-7-17(25)8-11-19)26-24(28)23-20(13-14-32-23)16-5-3-2-4-6-16/h2-15,27H,1H3,(H,26,28). The molecule has 3 aromatic carbocycles. The smallest absolute Gasteiger partial charge is 0.266 e. The summed E-state index contributed by atoms with van der Waals surface area (Å²) in [7, 11) is -2.60. The van der Waals surface area contributed by atoms with Crippen LogP contribution in [0, 0.1) is 5.82 Å². The van der Waals surface area contributed by atoms with Gasteiger partial charge in [-0.1, -0.05) is 30.3 Å². The Labute approximate surface area is 194 Å². The molecule has 2 N–H and O–H groups in total. The molecule has 0 atom stereocenters.